The molecule has 0 aromatic heterocycles. The van der Waals surface area contributed by atoms with Gasteiger partial charge in [0.15, 0.2) is 0 Å². The highest BCUT2D eigenvalue weighted by molar-refractivity contribution is 9.10. The standard InChI is InChI=1S/C17H25BrN2O2/c1-19-12-14-7-9-20(10-8-14)17(21)6-4-13-3-5-16(22-2)15(18)11-13/h3,5,11,14,19H,4,6-10,12H2,1-2H3. The van der Waals surface area contributed by atoms with Gasteiger partial charge in [0.05, 0.1) is 11.6 Å². The SMILES string of the molecule is CNCC1CCN(C(=O)CCc2ccc(OC)c(Br)c2)CC1. The molecule has 1 aromatic carbocycles. The highest BCUT2D eigenvalue weighted by Crippen LogP contribution is 2.26. The molecule has 1 N–H and O–H groups in total. The summed E-state index contributed by atoms with van der Waals surface area (Å²) in [5.41, 5.74) is 1.16. The summed E-state index contributed by atoms with van der Waals surface area (Å²) < 4.78 is 6.16. The maximum atomic E-state index is 12.3. The summed E-state index contributed by atoms with van der Waals surface area (Å²) in [6.07, 6.45) is 3.58. The number of nitrogens with zero attached hydrogens (tertiary/aromatic N) is 1. The number of likely N-dealkylation sites (tertiary alicyclic amines) is 1. The lowest BCUT2D eigenvalue weighted by atomic mass is 9.96. The summed E-state index contributed by atoms with van der Waals surface area (Å²) in [6.45, 7) is 2.86. The van der Waals surface area contributed by atoms with E-state index in [2.05, 4.69) is 21.2 Å². The number of nitrogens with one attached hydrogen (secondary N) is 1. The van der Waals surface area contributed by atoms with Gasteiger partial charge in [0.25, 0.3) is 0 Å². The number of aryl methyl sites for hydroxylation is 1. The zero-order valence-electron chi connectivity index (χ0n) is 13.4. The van der Waals surface area contributed by atoms with Crippen molar-refractivity contribution in [1.82, 2.24) is 10.2 Å². The summed E-state index contributed by atoms with van der Waals surface area (Å²) in [7, 11) is 3.64. The lowest BCUT2D eigenvalue weighted by Gasteiger charge is -2.32. The molecule has 5 heteroatoms. The van der Waals surface area contributed by atoms with Crippen molar-refractivity contribution in [2.75, 3.05) is 33.8 Å². The van der Waals surface area contributed by atoms with Crippen LogP contribution in [0.3, 0.4) is 0 Å². The highest BCUT2D eigenvalue weighted by atomic mass is 79.9. The number of amides is 1. The summed E-state index contributed by atoms with van der Waals surface area (Å²) in [6, 6.07) is 5.99. The van der Waals surface area contributed by atoms with E-state index in [1.165, 1.54) is 0 Å². The molecule has 0 saturated carbocycles. The molecule has 0 aliphatic carbocycles. The first-order chi connectivity index (χ1) is 10.6. The third-order valence-electron chi connectivity index (χ3n) is 4.30. The van der Waals surface area contributed by atoms with Crippen LogP contribution in [0.2, 0.25) is 0 Å². The fourth-order valence-corrected chi connectivity index (χ4v) is 3.54. The lowest BCUT2D eigenvalue weighted by Crippen LogP contribution is -2.40. The number of ether oxygens (including phenoxy) is 1. The van der Waals surface area contributed by atoms with Crippen molar-refractivity contribution in [3.63, 3.8) is 0 Å². The van der Waals surface area contributed by atoms with Crippen LogP contribution in [0.15, 0.2) is 22.7 Å². The molecule has 1 aromatic rings. The van der Waals surface area contributed by atoms with Gasteiger partial charge in [0.2, 0.25) is 5.91 Å². The summed E-state index contributed by atoms with van der Waals surface area (Å²) in [4.78, 5) is 14.3. The Morgan fingerprint density at radius 1 is 1.41 bits per heavy atom. The summed E-state index contributed by atoms with van der Waals surface area (Å²) in [5, 5.41) is 3.22. The van der Waals surface area contributed by atoms with E-state index in [1.54, 1.807) is 7.11 Å². The van der Waals surface area contributed by atoms with E-state index in [0.717, 1.165) is 54.7 Å². The zero-order chi connectivity index (χ0) is 15.9. The Morgan fingerprint density at radius 2 is 2.14 bits per heavy atom. The van der Waals surface area contributed by atoms with E-state index >= 15 is 0 Å². The van der Waals surface area contributed by atoms with Crippen LogP contribution in [0.4, 0.5) is 0 Å². The second-order valence-corrected chi connectivity index (χ2v) is 6.71. The Balaban J connectivity index is 1.79. The smallest absolute Gasteiger partial charge is 0.222 e. The molecule has 1 amide bonds. The molecule has 1 fully saturated rings. The molecule has 1 aliphatic rings. The third-order valence-corrected chi connectivity index (χ3v) is 4.92. The molecule has 1 saturated heterocycles. The molecule has 0 spiro atoms. The molecule has 0 unspecified atom stereocenters. The van der Waals surface area contributed by atoms with Crippen molar-refractivity contribution < 1.29 is 9.53 Å². The van der Waals surface area contributed by atoms with E-state index in [-0.39, 0.29) is 5.91 Å². The molecule has 0 atom stereocenters. The largest absolute Gasteiger partial charge is 0.496 e. The highest BCUT2D eigenvalue weighted by Gasteiger charge is 2.21. The maximum Gasteiger partial charge on any atom is 0.222 e. The first-order valence-corrected chi connectivity index (χ1v) is 8.68. The van der Waals surface area contributed by atoms with Crippen LogP contribution in [0.5, 0.6) is 5.75 Å². The van der Waals surface area contributed by atoms with Crippen LogP contribution >= 0.6 is 15.9 Å². The predicted octanol–water partition coefficient (Wildman–Crippen LogP) is 2.85. The van der Waals surface area contributed by atoms with Crippen molar-refractivity contribution in [2.45, 2.75) is 25.7 Å². The van der Waals surface area contributed by atoms with Crippen LogP contribution in [0, 0.1) is 5.92 Å². The Hall–Kier alpha value is -1.07. The molecule has 0 radical (unpaired) electrons. The molecule has 1 aliphatic heterocycles. The molecule has 1 heterocycles. The lowest BCUT2D eigenvalue weighted by molar-refractivity contribution is -0.132. The van der Waals surface area contributed by atoms with Gasteiger partial charge in [-0.3, -0.25) is 4.79 Å². The van der Waals surface area contributed by atoms with Gasteiger partial charge in [-0.1, -0.05) is 6.07 Å². The number of hydrogen-bond donors (Lipinski definition) is 1. The topological polar surface area (TPSA) is 41.6 Å². The Bertz CT molecular complexity index is 499. The molecule has 122 valence electrons. The van der Waals surface area contributed by atoms with Crippen LogP contribution in [-0.2, 0) is 11.2 Å². The molecule has 2 rings (SSSR count). The monoisotopic (exact) mass is 368 g/mol. The van der Waals surface area contributed by atoms with Gasteiger partial charge in [-0.25, -0.2) is 0 Å². The van der Waals surface area contributed by atoms with Gasteiger partial charge < -0.3 is 15.0 Å². The average molecular weight is 369 g/mol. The van der Waals surface area contributed by atoms with E-state index in [4.69, 9.17) is 4.74 Å². The first kappa shape index (κ1) is 17.3. The number of carbonyl (C=O) groups excluding carboxylic acids is 1. The van der Waals surface area contributed by atoms with Gasteiger partial charge in [-0.15, -0.1) is 0 Å². The minimum Gasteiger partial charge on any atom is -0.496 e. The van der Waals surface area contributed by atoms with E-state index in [1.807, 2.05) is 30.1 Å². The summed E-state index contributed by atoms with van der Waals surface area (Å²) >= 11 is 3.49. The second-order valence-electron chi connectivity index (χ2n) is 5.85. The molecule has 0 bridgehead atoms. The van der Waals surface area contributed by atoms with Crippen molar-refractivity contribution in [3.8, 4) is 5.75 Å². The number of rotatable bonds is 6. The molecule has 22 heavy (non-hydrogen) atoms. The number of benzene rings is 1. The number of carbonyl (C=O) groups is 1. The average Bonchev–Trinajstić information content (AvgIpc) is 2.54. The van der Waals surface area contributed by atoms with Crippen molar-refractivity contribution in [1.29, 1.82) is 0 Å². The van der Waals surface area contributed by atoms with E-state index in [9.17, 15) is 4.79 Å². The van der Waals surface area contributed by atoms with Crippen molar-refractivity contribution in [2.24, 2.45) is 5.92 Å². The van der Waals surface area contributed by atoms with Gasteiger partial charge >= 0.3 is 0 Å². The second kappa shape index (κ2) is 8.53. The van der Waals surface area contributed by atoms with Gasteiger partial charge in [0.1, 0.15) is 5.75 Å². The van der Waals surface area contributed by atoms with Gasteiger partial charge in [0, 0.05) is 19.5 Å². The van der Waals surface area contributed by atoms with Crippen LogP contribution in [0.25, 0.3) is 0 Å². The first-order valence-electron chi connectivity index (χ1n) is 7.88. The van der Waals surface area contributed by atoms with Crippen LogP contribution < -0.4 is 10.1 Å². The van der Waals surface area contributed by atoms with Crippen molar-refractivity contribution >= 4 is 21.8 Å². The normalized spacial score (nSPS) is 15.9. The molecule has 4 nitrogen and oxygen atoms in total. The zero-order valence-corrected chi connectivity index (χ0v) is 15.0. The van der Waals surface area contributed by atoms with Crippen LogP contribution in [-0.4, -0.2) is 44.6 Å². The number of halogens is 1. The number of methoxy groups -OCH3 is 1. The Morgan fingerprint density at radius 3 is 2.73 bits per heavy atom. The van der Waals surface area contributed by atoms with Gasteiger partial charge in [-0.2, -0.15) is 0 Å². The number of piperidine rings is 1. The van der Waals surface area contributed by atoms with E-state index < -0.39 is 0 Å². The summed E-state index contributed by atoms with van der Waals surface area (Å²) in [5.74, 6) is 1.81. The van der Waals surface area contributed by atoms with Gasteiger partial charge in [-0.05, 0) is 72.4 Å². The minimum atomic E-state index is 0.273. The quantitative estimate of drug-likeness (QED) is 0.839. The predicted molar refractivity (Wildman–Crippen MR) is 92.2 cm³/mol. The number of hydrogen-bond acceptors (Lipinski definition) is 3. The minimum absolute atomic E-state index is 0.273. The fraction of sp³-hybridized carbons (Fsp3) is 0.588. The third kappa shape index (κ3) is 4.71. The van der Waals surface area contributed by atoms with Crippen molar-refractivity contribution in [3.05, 3.63) is 28.2 Å². The Labute approximate surface area is 141 Å². The molecular weight excluding hydrogens is 344 g/mol. The fourth-order valence-electron chi connectivity index (χ4n) is 2.95. The molecular formula is C17H25BrN2O2. The maximum absolute atomic E-state index is 12.3. The van der Waals surface area contributed by atoms with E-state index in [0.29, 0.717) is 12.3 Å². The Kier molecular flexibility index (Phi) is 6.70. The van der Waals surface area contributed by atoms with Crippen LogP contribution in [0.1, 0.15) is 24.8 Å².